The number of rotatable bonds is 5. The minimum absolute atomic E-state index is 0.0275. The summed E-state index contributed by atoms with van der Waals surface area (Å²) in [4.78, 5) is 12.5. The first kappa shape index (κ1) is 19.2. The topological polar surface area (TPSA) is 65.2 Å². The Hall–Kier alpha value is -3.15. The Morgan fingerprint density at radius 2 is 1.45 bits per heavy atom. The predicted octanol–water partition coefficient (Wildman–Crippen LogP) is 6.07. The lowest BCUT2D eigenvalue weighted by Gasteiger charge is -2.08. The average Bonchev–Trinajstić information content (AvgIpc) is 3.24. The molecule has 0 saturated carbocycles. The van der Waals surface area contributed by atoms with Gasteiger partial charge in [-0.2, -0.15) is 0 Å². The maximum absolute atomic E-state index is 12.5. The van der Waals surface area contributed by atoms with Crippen molar-refractivity contribution < 1.29 is 13.9 Å². The number of carbonyl (C=O) groups is 1. The second-order valence-corrected chi connectivity index (χ2v) is 6.95. The molecule has 3 aromatic carbocycles. The van der Waals surface area contributed by atoms with Crippen molar-refractivity contribution in [3.05, 3.63) is 94.0 Å². The molecule has 29 heavy (non-hydrogen) atoms. The van der Waals surface area contributed by atoms with Crippen LogP contribution in [0.3, 0.4) is 0 Å². The molecule has 0 saturated heterocycles. The third-order valence-electron chi connectivity index (χ3n) is 4.20. The van der Waals surface area contributed by atoms with Crippen LogP contribution in [-0.4, -0.2) is 16.2 Å². The highest BCUT2D eigenvalue weighted by atomic mass is 35.5. The zero-order valence-electron chi connectivity index (χ0n) is 15.0. The SMILES string of the molecule is O=C(OCc1c(Cl)cccc1Cl)c1cccc(-c2nnc(-c3ccccc3)o2)c1. The molecule has 0 N–H and O–H groups in total. The van der Waals surface area contributed by atoms with Crippen LogP contribution in [-0.2, 0) is 11.3 Å². The largest absolute Gasteiger partial charge is 0.457 e. The summed E-state index contributed by atoms with van der Waals surface area (Å²) < 4.78 is 11.1. The predicted molar refractivity (Wildman–Crippen MR) is 111 cm³/mol. The standard InChI is InChI=1S/C22H14Cl2N2O3/c23-18-10-5-11-19(24)17(18)13-28-22(27)16-9-4-8-15(12-16)21-26-25-20(29-21)14-6-2-1-3-7-14/h1-12H,13H2. The average molecular weight is 425 g/mol. The van der Waals surface area contributed by atoms with E-state index in [1.807, 2.05) is 30.3 Å². The first-order valence-corrected chi connectivity index (χ1v) is 9.47. The summed E-state index contributed by atoms with van der Waals surface area (Å²) in [7, 11) is 0. The van der Waals surface area contributed by atoms with Gasteiger partial charge in [-0.3, -0.25) is 0 Å². The van der Waals surface area contributed by atoms with Gasteiger partial charge in [0.05, 0.1) is 5.56 Å². The van der Waals surface area contributed by atoms with E-state index in [0.717, 1.165) is 5.56 Å². The summed E-state index contributed by atoms with van der Waals surface area (Å²) in [5, 5.41) is 9.03. The first-order valence-electron chi connectivity index (χ1n) is 8.71. The smallest absolute Gasteiger partial charge is 0.338 e. The highest BCUT2D eigenvalue weighted by Crippen LogP contribution is 2.27. The molecule has 1 heterocycles. The van der Waals surface area contributed by atoms with E-state index < -0.39 is 5.97 Å². The Kier molecular flexibility index (Phi) is 5.60. The molecule has 0 spiro atoms. The van der Waals surface area contributed by atoms with Crippen LogP contribution >= 0.6 is 23.2 Å². The molecule has 0 aliphatic heterocycles. The lowest BCUT2D eigenvalue weighted by Crippen LogP contribution is -2.06. The first-order chi connectivity index (χ1) is 14.1. The van der Waals surface area contributed by atoms with Crippen molar-refractivity contribution in [1.29, 1.82) is 0 Å². The molecule has 0 radical (unpaired) electrons. The van der Waals surface area contributed by atoms with Crippen LogP contribution in [0.4, 0.5) is 0 Å². The number of hydrogen-bond acceptors (Lipinski definition) is 5. The van der Waals surface area contributed by atoms with Crippen molar-refractivity contribution >= 4 is 29.2 Å². The third kappa shape index (κ3) is 4.31. The number of hydrogen-bond donors (Lipinski definition) is 0. The second kappa shape index (κ2) is 8.47. The molecule has 0 fully saturated rings. The van der Waals surface area contributed by atoms with Gasteiger partial charge < -0.3 is 9.15 Å². The number of esters is 1. The van der Waals surface area contributed by atoms with Crippen molar-refractivity contribution in [1.82, 2.24) is 10.2 Å². The molecule has 4 aromatic rings. The number of aromatic nitrogens is 2. The van der Waals surface area contributed by atoms with E-state index in [9.17, 15) is 4.79 Å². The number of halogens is 2. The molecule has 7 heteroatoms. The summed E-state index contributed by atoms with van der Waals surface area (Å²) in [6, 6.07) is 21.4. The van der Waals surface area contributed by atoms with Crippen LogP contribution in [0, 0.1) is 0 Å². The van der Waals surface area contributed by atoms with Crippen molar-refractivity contribution in [2.75, 3.05) is 0 Å². The third-order valence-corrected chi connectivity index (χ3v) is 4.91. The molecule has 0 aliphatic rings. The zero-order valence-corrected chi connectivity index (χ0v) is 16.5. The Morgan fingerprint density at radius 3 is 2.17 bits per heavy atom. The van der Waals surface area contributed by atoms with Crippen LogP contribution in [0.15, 0.2) is 77.2 Å². The Morgan fingerprint density at radius 1 is 0.828 bits per heavy atom. The fourth-order valence-electron chi connectivity index (χ4n) is 2.71. The van der Waals surface area contributed by atoms with E-state index in [2.05, 4.69) is 10.2 Å². The maximum Gasteiger partial charge on any atom is 0.338 e. The van der Waals surface area contributed by atoms with Gasteiger partial charge in [0.25, 0.3) is 0 Å². The van der Waals surface area contributed by atoms with Crippen molar-refractivity contribution in [2.45, 2.75) is 6.61 Å². The quantitative estimate of drug-likeness (QED) is 0.363. The van der Waals surface area contributed by atoms with E-state index in [-0.39, 0.29) is 6.61 Å². The van der Waals surface area contributed by atoms with E-state index in [1.54, 1.807) is 42.5 Å². The fourth-order valence-corrected chi connectivity index (χ4v) is 3.21. The van der Waals surface area contributed by atoms with Gasteiger partial charge in [-0.15, -0.1) is 10.2 Å². The number of benzene rings is 3. The Bertz CT molecular complexity index is 1140. The molecule has 0 aliphatic carbocycles. The highest BCUT2D eigenvalue weighted by molar-refractivity contribution is 6.35. The number of carbonyl (C=O) groups excluding carboxylic acids is 1. The lowest BCUT2D eigenvalue weighted by molar-refractivity contribution is 0.0473. The molecule has 5 nitrogen and oxygen atoms in total. The van der Waals surface area contributed by atoms with E-state index in [0.29, 0.717) is 38.5 Å². The van der Waals surface area contributed by atoms with Gasteiger partial charge in [0.1, 0.15) is 6.61 Å². The minimum atomic E-state index is -0.509. The highest BCUT2D eigenvalue weighted by Gasteiger charge is 2.15. The van der Waals surface area contributed by atoms with Gasteiger partial charge in [0.15, 0.2) is 0 Å². The number of ether oxygens (including phenoxy) is 1. The summed E-state index contributed by atoms with van der Waals surface area (Å²) in [5.74, 6) is 0.209. The minimum Gasteiger partial charge on any atom is -0.457 e. The molecule has 0 bridgehead atoms. The molecule has 0 amide bonds. The monoisotopic (exact) mass is 424 g/mol. The van der Waals surface area contributed by atoms with Gasteiger partial charge in [-0.1, -0.05) is 53.5 Å². The fraction of sp³-hybridized carbons (Fsp3) is 0.0455. The van der Waals surface area contributed by atoms with Gasteiger partial charge in [0.2, 0.25) is 11.8 Å². The lowest BCUT2D eigenvalue weighted by atomic mass is 10.1. The van der Waals surface area contributed by atoms with Crippen molar-refractivity contribution in [3.8, 4) is 22.9 Å². The second-order valence-electron chi connectivity index (χ2n) is 6.14. The van der Waals surface area contributed by atoms with Crippen LogP contribution < -0.4 is 0 Å². The van der Waals surface area contributed by atoms with Gasteiger partial charge in [-0.25, -0.2) is 4.79 Å². The Balaban J connectivity index is 1.52. The molecule has 1 aromatic heterocycles. The van der Waals surface area contributed by atoms with Crippen molar-refractivity contribution in [2.24, 2.45) is 0 Å². The molecular weight excluding hydrogens is 411 g/mol. The van der Waals surface area contributed by atoms with Gasteiger partial charge >= 0.3 is 5.97 Å². The van der Waals surface area contributed by atoms with Crippen LogP contribution in [0.2, 0.25) is 10.0 Å². The zero-order chi connectivity index (χ0) is 20.2. The Labute approximate surface area is 176 Å². The summed E-state index contributed by atoms with van der Waals surface area (Å²) in [6.07, 6.45) is 0. The maximum atomic E-state index is 12.5. The van der Waals surface area contributed by atoms with Crippen LogP contribution in [0.25, 0.3) is 22.9 Å². The molecular formula is C22H14Cl2N2O3. The van der Waals surface area contributed by atoms with Crippen LogP contribution in [0.1, 0.15) is 15.9 Å². The van der Waals surface area contributed by atoms with Gasteiger partial charge in [-0.05, 0) is 42.5 Å². The van der Waals surface area contributed by atoms with Crippen molar-refractivity contribution in [3.63, 3.8) is 0 Å². The summed E-state index contributed by atoms with van der Waals surface area (Å²) >= 11 is 12.2. The normalized spacial score (nSPS) is 10.7. The summed E-state index contributed by atoms with van der Waals surface area (Å²) in [5.41, 5.74) is 2.35. The number of nitrogens with zero attached hydrogens (tertiary/aromatic N) is 2. The van der Waals surface area contributed by atoms with E-state index in [4.69, 9.17) is 32.4 Å². The van der Waals surface area contributed by atoms with E-state index >= 15 is 0 Å². The van der Waals surface area contributed by atoms with E-state index in [1.165, 1.54) is 0 Å². The van der Waals surface area contributed by atoms with Crippen LogP contribution in [0.5, 0.6) is 0 Å². The molecule has 0 atom stereocenters. The van der Waals surface area contributed by atoms with Gasteiger partial charge in [0, 0.05) is 26.7 Å². The molecule has 144 valence electrons. The molecule has 4 rings (SSSR count). The summed E-state index contributed by atoms with van der Waals surface area (Å²) in [6.45, 7) is -0.0275. The molecule has 0 unspecified atom stereocenters.